The number of sulfonamides is 1. The van der Waals surface area contributed by atoms with E-state index in [0.29, 0.717) is 0 Å². The lowest BCUT2D eigenvalue weighted by atomic mass is 10.3. The summed E-state index contributed by atoms with van der Waals surface area (Å²) in [7, 11) is -1.02. The van der Waals surface area contributed by atoms with E-state index in [2.05, 4.69) is 9.62 Å². The molecular weight excluding hydrogens is 164 g/mol. The van der Waals surface area contributed by atoms with Crippen molar-refractivity contribution in [3.8, 4) is 0 Å². The smallest absolute Gasteiger partial charge is 0.208 e. The molecular formula is C6H14N2O2S. The van der Waals surface area contributed by atoms with Crippen LogP contribution in [0.3, 0.4) is 0 Å². The van der Waals surface area contributed by atoms with Gasteiger partial charge in [0.25, 0.3) is 0 Å². The van der Waals surface area contributed by atoms with Crippen LogP contribution in [0, 0.1) is 0 Å². The fourth-order valence-electron chi connectivity index (χ4n) is 1.33. The van der Waals surface area contributed by atoms with Crippen LogP contribution in [0.1, 0.15) is 6.42 Å². The number of likely N-dealkylation sites (tertiary alicyclic amines) is 1. The second-order valence-corrected chi connectivity index (χ2v) is 4.92. The molecule has 0 amide bonds. The minimum Gasteiger partial charge on any atom is -0.305 e. The Kier molecular flexibility index (Phi) is 2.51. The monoisotopic (exact) mass is 178 g/mol. The van der Waals surface area contributed by atoms with E-state index in [-0.39, 0.29) is 6.04 Å². The largest absolute Gasteiger partial charge is 0.305 e. The fraction of sp³-hybridized carbons (Fsp3) is 1.00. The lowest BCUT2D eigenvalue weighted by molar-refractivity contribution is 0.407. The van der Waals surface area contributed by atoms with Crippen molar-refractivity contribution in [2.45, 2.75) is 12.5 Å². The minimum absolute atomic E-state index is 0.120. The predicted molar refractivity (Wildman–Crippen MR) is 43.9 cm³/mol. The van der Waals surface area contributed by atoms with Crippen LogP contribution in [0.15, 0.2) is 0 Å². The summed E-state index contributed by atoms with van der Waals surface area (Å²) >= 11 is 0. The molecule has 1 atom stereocenters. The van der Waals surface area contributed by atoms with E-state index >= 15 is 0 Å². The lowest BCUT2D eigenvalue weighted by Crippen LogP contribution is -2.35. The van der Waals surface area contributed by atoms with Crippen molar-refractivity contribution in [3.05, 3.63) is 0 Å². The molecule has 4 nitrogen and oxygen atoms in total. The van der Waals surface area contributed by atoms with Crippen molar-refractivity contribution >= 4 is 10.0 Å². The summed E-state index contributed by atoms with van der Waals surface area (Å²) in [4.78, 5) is 2.11. The summed E-state index contributed by atoms with van der Waals surface area (Å²) in [5.41, 5.74) is 0. The summed E-state index contributed by atoms with van der Waals surface area (Å²) in [6.45, 7) is 1.81. The number of nitrogens with one attached hydrogen (secondary N) is 1. The normalized spacial score (nSPS) is 27.6. The molecule has 5 heteroatoms. The molecule has 1 aliphatic rings. The molecule has 1 rings (SSSR count). The third-order valence-corrected chi connectivity index (χ3v) is 2.53. The second kappa shape index (κ2) is 3.08. The fourth-order valence-corrected chi connectivity index (χ4v) is 2.13. The predicted octanol–water partition coefficient (Wildman–Crippen LogP) is -0.760. The minimum atomic E-state index is -3.01. The van der Waals surface area contributed by atoms with Crippen LogP contribution in [-0.4, -0.2) is 45.8 Å². The number of rotatable bonds is 2. The van der Waals surface area contributed by atoms with Crippen molar-refractivity contribution in [2.75, 3.05) is 26.4 Å². The van der Waals surface area contributed by atoms with Crippen molar-refractivity contribution in [2.24, 2.45) is 0 Å². The Balaban J connectivity index is 2.41. The molecule has 66 valence electrons. The molecule has 0 aromatic carbocycles. The molecule has 0 unspecified atom stereocenters. The van der Waals surface area contributed by atoms with Gasteiger partial charge in [0.05, 0.1) is 6.26 Å². The average Bonchev–Trinajstić information content (AvgIpc) is 2.10. The lowest BCUT2D eigenvalue weighted by Gasteiger charge is -2.10. The van der Waals surface area contributed by atoms with Gasteiger partial charge >= 0.3 is 0 Å². The van der Waals surface area contributed by atoms with Gasteiger partial charge in [-0.25, -0.2) is 13.1 Å². The summed E-state index contributed by atoms with van der Waals surface area (Å²) in [5, 5.41) is 0. The molecule has 0 bridgehead atoms. The van der Waals surface area contributed by atoms with Gasteiger partial charge in [-0.1, -0.05) is 0 Å². The first-order chi connectivity index (χ1) is 4.97. The third-order valence-electron chi connectivity index (χ3n) is 1.77. The zero-order chi connectivity index (χ0) is 8.48. The SMILES string of the molecule is CN1CC[C@H](NS(C)(=O)=O)C1. The Morgan fingerprint density at radius 2 is 2.18 bits per heavy atom. The first-order valence-electron chi connectivity index (χ1n) is 3.63. The highest BCUT2D eigenvalue weighted by molar-refractivity contribution is 7.88. The molecule has 0 spiro atoms. The standard InChI is InChI=1S/C6H14N2O2S/c1-8-4-3-6(5-8)7-11(2,9)10/h6-7H,3-5H2,1-2H3/t6-/m0/s1. The summed E-state index contributed by atoms with van der Waals surface area (Å²) in [6.07, 6.45) is 2.12. The quantitative estimate of drug-likeness (QED) is 0.604. The van der Waals surface area contributed by atoms with Crippen molar-refractivity contribution in [1.29, 1.82) is 0 Å². The van der Waals surface area contributed by atoms with Gasteiger partial charge in [-0.2, -0.15) is 0 Å². The van der Waals surface area contributed by atoms with E-state index in [1.165, 1.54) is 6.26 Å². The maximum absolute atomic E-state index is 10.8. The van der Waals surface area contributed by atoms with Gasteiger partial charge in [0.1, 0.15) is 0 Å². The van der Waals surface area contributed by atoms with Crippen LogP contribution in [0.2, 0.25) is 0 Å². The van der Waals surface area contributed by atoms with E-state index in [4.69, 9.17) is 0 Å². The van der Waals surface area contributed by atoms with Gasteiger partial charge in [0.15, 0.2) is 0 Å². The van der Waals surface area contributed by atoms with Crippen LogP contribution in [0.25, 0.3) is 0 Å². The van der Waals surface area contributed by atoms with Crippen LogP contribution in [0.5, 0.6) is 0 Å². The maximum Gasteiger partial charge on any atom is 0.208 e. The van der Waals surface area contributed by atoms with Crippen molar-refractivity contribution in [1.82, 2.24) is 9.62 Å². The topological polar surface area (TPSA) is 49.4 Å². The number of likely N-dealkylation sites (N-methyl/N-ethyl adjacent to an activating group) is 1. The molecule has 1 saturated heterocycles. The van der Waals surface area contributed by atoms with E-state index < -0.39 is 10.0 Å². The van der Waals surface area contributed by atoms with E-state index in [9.17, 15) is 8.42 Å². The van der Waals surface area contributed by atoms with Gasteiger partial charge in [0.2, 0.25) is 10.0 Å². The summed E-state index contributed by atoms with van der Waals surface area (Å²) in [6, 6.07) is 0.120. The zero-order valence-electron chi connectivity index (χ0n) is 6.87. The molecule has 11 heavy (non-hydrogen) atoms. The van der Waals surface area contributed by atoms with Crippen LogP contribution in [0.4, 0.5) is 0 Å². The highest BCUT2D eigenvalue weighted by atomic mass is 32.2. The molecule has 0 aromatic rings. The third kappa shape index (κ3) is 3.18. The Morgan fingerprint density at radius 1 is 1.55 bits per heavy atom. The molecule has 0 aliphatic carbocycles. The number of nitrogens with zero attached hydrogens (tertiary/aromatic N) is 1. The maximum atomic E-state index is 10.8. The van der Waals surface area contributed by atoms with E-state index in [0.717, 1.165) is 19.5 Å². The van der Waals surface area contributed by atoms with Gasteiger partial charge in [-0.05, 0) is 20.0 Å². The Bertz CT molecular complexity index is 225. The first-order valence-corrected chi connectivity index (χ1v) is 5.52. The Morgan fingerprint density at radius 3 is 2.55 bits per heavy atom. The van der Waals surface area contributed by atoms with Gasteiger partial charge in [-0.15, -0.1) is 0 Å². The van der Waals surface area contributed by atoms with Gasteiger partial charge < -0.3 is 4.90 Å². The summed E-state index contributed by atoms with van der Waals surface area (Å²) < 4.78 is 24.1. The van der Waals surface area contributed by atoms with Gasteiger partial charge in [-0.3, -0.25) is 0 Å². The Hall–Kier alpha value is -0.130. The van der Waals surface area contributed by atoms with Gasteiger partial charge in [0, 0.05) is 12.6 Å². The van der Waals surface area contributed by atoms with E-state index in [1.54, 1.807) is 0 Å². The number of hydrogen-bond acceptors (Lipinski definition) is 3. The molecule has 1 heterocycles. The van der Waals surface area contributed by atoms with Crippen LogP contribution >= 0.6 is 0 Å². The first kappa shape index (κ1) is 8.96. The highest BCUT2D eigenvalue weighted by Gasteiger charge is 2.21. The molecule has 0 saturated carbocycles. The Labute approximate surface area is 67.6 Å². The molecule has 1 aliphatic heterocycles. The number of hydrogen-bond donors (Lipinski definition) is 1. The zero-order valence-corrected chi connectivity index (χ0v) is 7.69. The second-order valence-electron chi connectivity index (χ2n) is 3.14. The van der Waals surface area contributed by atoms with E-state index in [1.807, 2.05) is 7.05 Å². The van der Waals surface area contributed by atoms with Crippen LogP contribution < -0.4 is 4.72 Å². The van der Waals surface area contributed by atoms with Crippen molar-refractivity contribution < 1.29 is 8.42 Å². The van der Waals surface area contributed by atoms with Crippen LogP contribution in [-0.2, 0) is 10.0 Å². The average molecular weight is 178 g/mol. The summed E-state index contributed by atoms with van der Waals surface area (Å²) in [5.74, 6) is 0. The highest BCUT2D eigenvalue weighted by Crippen LogP contribution is 2.06. The van der Waals surface area contributed by atoms with Crippen molar-refractivity contribution in [3.63, 3.8) is 0 Å². The molecule has 0 aromatic heterocycles. The molecule has 0 radical (unpaired) electrons. The molecule has 1 N–H and O–H groups in total. The molecule has 1 fully saturated rings.